The van der Waals surface area contributed by atoms with Crippen molar-refractivity contribution in [3.63, 3.8) is 0 Å². The average Bonchev–Trinajstić information content (AvgIpc) is 2.73. The molecule has 0 aliphatic heterocycles. The van der Waals surface area contributed by atoms with Crippen LogP contribution >= 0.6 is 0 Å². The second-order valence-electron chi connectivity index (χ2n) is 4.34. The number of carboxylic acid groups (broad SMARTS) is 1. The van der Waals surface area contributed by atoms with Crippen molar-refractivity contribution in [1.29, 1.82) is 0 Å². The van der Waals surface area contributed by atoms with Crippen molar-refractivity contribution in [3.05, 3.63) is 40.9 Å². The van der Waals surface area contributed by atoms with Crippen LogP contribution in [-0.2, 0) is 6.42 Å². The fourth-order valence-electron chi connectivity index (χ4n) is 2.02. The van der Waals surface area contributed by atoms with Gasteiger partial charge >= 0.3 is 5.97 Å². The van der Waals surface area contributed by atoms with Crippen LogP contribution in [-0.4, -0.2) is 16.2 Å². The fourth-order valence-corrected chi connectivity index (χ4v) is 2.02. The van der Waals surface area contributed by atoms with E-state index in [0.29, 0.717) is 23.3 Å². The number of rotatable bonds is 4. The zero-order chi connectivity index (χ0) is 14.0. The number of hydrogen-bond acceptors (Lipinski definition) is 3. The minimum atomic E-state index is -1.08. The predicted molar refractivity (Wildman–Crippen MR) is 67.6 cm³/mol. The Bertz CT molecular complexity index is 619. The van der Waals surface area contributed by atoms with Crippen LogP contribution in [0.5, 0.6) is 0 Å². The molecule has 2 aromatic rings. The lowest BCUT2D eigenvalue weighted by atomic mass is 10.0. The van der Waals surface area contributed by atoms with Gasteiger partial charge in [-0.05, 0) is 37.1 Å². The van der Waals surface area contributed by atoms with Gasteiger partial charge in [-0.1, -0.05) is 12.1 Å². The summed E-state index contributed by atoms with van der Waals surface area (Å²) >= 11 is 0. The van der Waals surface area contributed by atoms with Gasteiger partial charge in [0.1, 0.15) is 17.1 Å². The highest BCUT2D eigenvalue weighted by atomic mass is 19.1. The van der Waals surface area contributed by atoms with Gasteiger partial charge in [0.05, 0.1) is 0 Å². The first-order valence-electron chi connectivity index (χ1n) is 6.03. The number of benzene rings is 1. The van der Waals surface area contributed by atoms with Crippen molar-refractivity contribution in [1.82, 2.24) is 5.16 Å². The molecule has 0 saturated heterocycles. The van der Waals surface area contributed by atoms with Crippen LogP contribution in [0.1, 0.15) is 35.0 Å². The largest absolute Gasteiger partial charge is 0.477 e. The maximum absolute atomic E-state index is 13.1. The molecule has 0 aliphatic carbocycles. The normalized spacial score (nSPS) is 10.7. The van der Waals surface area contributed by atoms with E-state index in [0.717, 1.165) is 6.42 Å². The third-order valence-electron chi connectivity index (χ3n) is 2.90. The van der Waals surface area contributed by atoms with Gasteiger partial charge in [-0.25, -0.2) is 9.18 Å². The Morgan fingerprint density at radius 2 is 2.21 bits per heavy atom. The summed E-state index contributed by atoms with van der Waals surface area (Å²) in [5.74, 6) is -1.09. The van der Waals surface area contributed by atoms with Crippen LogP contribution in [0.15, 0.2) is 22.7 Å². The molecule has 0 atom stereocenters. The molecule has 0 unspecified atom stereocenters. The molecule has 0 amide bonds. The smallest absolute Gasteiger partial charge is 0.341 e. The topological polar surface area (TPSA) is 63.3 Å². The van der Waals surface area contributed by atoms with Crippen molar-refractivity contribution in [2.45, 2.75) is 26.7 Å². The third kappa shape index (κ3) is 2.50. The van der Waals surface area contributed by atoms with Crippen molar-refractivity contribution < 1.29 is 18.8 Å². The summed E-state index contributed by atoms with van der Waals surface area (Å²) in [5, 5.41) is 13.1. The maximum atomic E-state index is 13.1. The minimum Gasteiger partial charge on any atom is -0.477 e. The van der Waals surface area contributed by atoms with Gasteiger partial charge in [0, 0.05) is 12.0 Å². The molecule has 1 heterocycles. The molecule has 0 aliphatic rings. The molecule has 2 rings (SSSR count). The summed E-state index contributed by atoms with van der Waals surface area (Å²) < 4.78 is 18.2. The highest BCUT2D eigenvalue weighted by molar-refractivity contribution is 5.96. The molecule has 0 bridgehead atoms. The summed E-state index contributed by atoms with van der Waals surface area (Å²) in [6.07, 6.45) is 1.27. The van der Waals surface area contributed by atoms with E-state index in [1.807, 2.05) is 6.92 Å². The first-order chi connectivity index (χ1) is 9.04. The molecule has 0 radical (unpaired) electrons. The Labute approximate surface area is 109 Å². The predicted octanol–water partition coefficient (Wildman–Crippen LogP) is 3.44. The molecule has 100 valence electrons. The van der Waals surface area contributed by atoms with E-state index >= 15 is 0 Å². The molecule has 0 fully saturated rings. The quantitative estimate of drug-likeness (QED) is 0.917. The Hall–Kier alpha value is -2.17. The lowest BCUT2D eigenvalue weighted by molar-refractivity contribution is 0.0695. The number of carbonyl (C=O) groups is 1. The molecule has 1 N–H and O–H groups in total. The maximum Gasteiger partial charge on any atom is 0.341 e. The zero-order valence-corrected chi connectivity index (χ0v) is 10.7. The SMILES string of the molecule is CCCc1onc(-c2ccc(F)cc2C)c1C(=O)O. The van der Waals surface area contributed by atoms with E-state index in [1.165, 1.54) is 18.2 Å². The van der Waals surface area contributed by atoms with Crippen LogP contribution < -0.4 is 0 Å². The van der Waals surface area contributed by atoms with Crippen molar-refractivity contribution >= 4 is 5.97 Å². The standard InChI is InChI=1S/C14H14FNO3/c1-3-4-11-12(14(17)18)13(16-19-11)10-6-5-9(15)7-8(10)2/h5-7H,3-4H2,1-2H3,(H,17,18). The summed E-state index contributed by atoms with van der Waals surface area (Å²) in [7, 11) is 0. The Morgan fingerprint density at radius 1 is 1.47 bits per heavy atom. The van der Waals surface area contributed by atoms with Crippen molar-refractivity contribution in [2.24, 2.45) is 0 Å². The van der Waals surface area contributed by atoms with Gasteiger partial charge in [0.15, 0.2) is 5.76 Å². The van der Waals surface area contributed by atoms with Gasteiger partial charge in [-0.2, -0.15) is 0 Å². The monoisotopic (exact) mass is 263 g/mol. The molecule has 0 spiro atoms. The van der Waals surface area contributed by atoms with Crippen LogP contribution in [0, 0.1) is 12.7 Å². The highest BCUT2D eigenvalue weighted by Gasteiger charge is 2.23. The van der Waals surface area contributed by atoms with E-state index in [9.17, 15) is 14.3 Å². The van der Waals surface area contributed by atoms with Gasteiger partial charge in [0.2, 0.25) is 0 Å². The highest BCUT2D eigenvalue weighted by Crippen LogP contribution is 2.29. The van der Waals surface area contributed by atoms with Crippen LogP contribution in [0.3, 0.4) is 0 Å². The van der Waals surface area contributed by atoms with Gasteiger partial charge in [-0.3, -0.25) is 0 Å². The molecule has 5 heteroatoms. The number of halogens is 1. The molecule has 4 nitrogen and oxygen atoms in total. The molecule has 19 heavy (non-hydrogen) atoms. The molecular weight excluding hydrogens is 249 g/mol. The van der Waals surface area contributed by atoms with Crippen molar-refractivity contribution in [2.75, 3.05) is 0 Å². The lowest BCUT2D eigenvalue weighted by Crippen LogP contribution is -2.02. The number of hydrogen-bond donors (Lipinski definition) is 1. The zero-order valence-electron chi connectivity index (χ0n) is 10.7. The fraction of sp³-hybridized carbons (Fsp3) is 0.286. The number of nitrogens with zero attached hydrogens (tertiary/aromatic N) is 1. The van der Waals surface area contributed by atoms with Crippen LogP contribution in [0.2, 0.25) is 0 Å². The number of aryl methyl sites for hydroxylation is 2. The summed E-state index contributed by atoms with van der Waals surface area (Å²) in [4.78, 5) is 11.4. The number of aromatic nitrogens is 1. The Balaban J connectivity index is 2.58. The summed E-state index contributed by atoms with van der Waals surface area (Å²) in [6, 6.07) is 4.14. The van der Waals surface area contributed by atoms with Gasteiger partial charge < -0.3 is 9.63 Å². The lowest BCUT2D eigenvalue weighted by Gasteiger charge is -2.03. The van der Waals surface area contributed by atoms with E-state index in [2.05, 4.69) is 5.16 Å². The van der Waals surface area contributed by atoms with Gasteiger partial charge in [-0.15, -0.1) is 0 Å². The number of carboxylic acids is 1. The Morgan fingerprint density at radius 3 is 2.79 bits per heavy atom. The second kappa shape index (κ2) is 5.22. The molecule has 1 aromatic heterocycles. The van der Waals surface area contributed by atoms with E-state index < -0.39 is 5.97 Å². The molecule has 0 saturated carbocycles. The first kappa shape index (κ1) is 13.3. The van der Waals surface area contributed by atoms with E-state index in [1.54, 1.807) is 6.92 Å². The second-order valence-corrected chi connectivity index (χ2v) is 4.34. The molecule has 1 aromatic carbocycles. The minimum absolute atomic E-state index is 0.0663. The third-order valence-corrected chi connectivity index (χ3v) is 2.90. The van der Waals surface area contributed by atoms with Crippen LogP contribution in [0.25, 0.3) is 11.3 Å². The first-order valence-corrected chi connectivity index (χ1v) is 6.03. The average molecular weight is 263 g/mol. The van der Waals surface area contributed by atoms with E-state index in [4.69, 9.17) is 4.52 Å². The van der Waals surface area contributed by atoms with E-state index in [-0.39, 0.29) is 17.1 Å². The Kier molecular flexibility index (Phi) is 3.64. The number of aromatic carboxylic acids is 1. The van der Waals surface area contributed by atoms with Gasteiger partial charge in [0.25, 0.3) is 0 Å². The summed E-state index contributed by atoms with van der Waals surface area (Å²) in [6.45, 7) is 3.63. The summed E-state index contributed by atoms with van der Waals surface area (Å²) in [5.41, 5.74) is 1.52. The van der Waals surface area contributed by atoms with Crippen LogP contribution in [0.4, 0.5) is 4.39 Å². The molecular formula is C14H14FNO3. The van der Waals surface area contributed by atoms with Crippen molar-refractivity contribution in [3.8, 4) is 11.3 Å².